The maximum atomic E-state index is 11.9. The SMILES string of the molecule is CC(C)(C#N)SC(F)=S. The van der Waals surface area contributed by atoms with E-state index in [1.165, 1.54) is 0 Å². The zero-order valence-corrected chi connectivity index (χ0v) is 6.77. The van der Waals surface area contributed by atoms with Crippen molar-refractivity contribution < 1.29 is 4.39 Å². The predicted octanol–water partition coefficient (Wildman–Crippen LogP) is 2.28. The summed E-state index contributed by atoms with van der Waals surface area (Å²) in [5.41, 5.74) is 0. The number of hydrogen-bond donors (Lipinski definition) is 0. The van der Waals surface area contributed by atoms with Gasteiger partial charge in [0.05, 0.1) is 6.07 Å². The zero-order valence-electron chi connectivity index (χ0n) is 5.14. The molecule has 0 aromatic carbocycles. The van der Waals surface area contributed by atoms with Crippen LogP contribution in [-0.2, 0) is 0 Å². The van der Waals surface area contributed by atoms with Gasteiger partial charge in [-0.15, -0.1) is 0 Å². The minimum absolute atomic E-state index is 0.679. The van der Waals surface area contributed by atoms with Crippen molar-refractivity contribution in [2.75, 3.05) is 0 Å². The number of thioether (sulfide) groups is 1. The van der Waals surface area contributed by atoms with Gasteiger partial charge in [-0.05, 0) is 26.1 Å². The first kappa shape index (κ1) is 8.86. The molecule has 0 rings (SSSR count). The van der Waals surface area contributed by atoms with E-state index in [1.807, 2.05) is 6.07 Å². The summed E-state index contributed by atoms with van der Waals surface area (Å²) < 4.78 is 10.5. The number of rotatable bonds is 1. The highest BCUT2D eigenvalue weighted by atomic mass is 32.2. The van der Waals surface area contributed by atoms with Crippen molar-refractivity contribution >= 4 is 28.4 Å². The van der Waals surface area contributed by atoms with E-state index in [0.717, 1.165) is 11.8 Å². The van der Waals surface area contributed by atoms with E-state index in [0.29, 0.717) is 0 Å². The fourth-order valence-electron chi connectivity index (χ4n) is 0.223. The minimum atomic E-state index is -0.730. The van der Waals surface area contributed by atoms with E-state index >= 15 is 0 Å². The summed E-state index contributed by atoms with van der Waals surface area (Å²) in [6.07, 6.45) is 0. The lowest BCUT2D eigenvalue weighted by Crippen LogP contribution is -2.11. The van der Waals surface area contributed by atoms with Crippen LogP contribution in [0.15, 0.2) is 0 Å². The Kier molecular flexibility index (Phi) is 3.09. The first-order chi connectivity index (χ1) is 3.98. The first-order valence-corrected chi connectivity index (χ1v) is 3.50. The van der Waals surface area contributed by atoms with Crippen LogP contribution < -0.4 is 0 Å². The molecule has 0 N–H and O–H groups in total. The van der Waals surface area contributed by atoms with Gasteiger partial charge in [-0.2, -0.15) is 9.65 Å². The monoisotopic (exact) mass is 163 g/mol. The lowest BCUT2D eigenvalue weighted by molar-refractivity contribution is 0.845. The molecule has 1 nitrogen and oxygen atoms in total. The first-order valence-electron chi connectivity index (χ1n) is 2.27. The molecule has 0 aliphatic heterocycles. The molecule has 0 aliphatic rings. The van der Waals surface area contributed by atoms with E-state index in [2.05, 4.69) is 12.2 Å². The van der Waals surface area contributed by atoms with Gasteiger partial charge in [0.1, 0.15) is 4.75 Å². The van der Waals surface area contributed by atoms with Crippen LogP contribution in [0.4, 0.5) is 4.39 Å². The second kappa shape index (κ2) is 3.14. The largest absolute Gasteiger partial charge is 0.221 e. The van der Waals surface area contributed by atoms with Crippen molar-refractivity contribution in [2.24, 2.45) is 0 Å². The average Bonchev–Trinajstić information content (AvgIpc) is 1.63. The van der Waals surface area contributed by atoms with Gasteiger partial charge in [-0.1, -0.05) is 11.8 Å². The highest BCUT2D eigenvalue weighted by molar-refractivity contribution is 8.23. The maximum Gasteiger partial charge on any atom is 0.221 e. The standard InChI is InChI=1S/C5H6FNS2/c1-5(2,3-7)9-4(6)8/h1-2H3. The molecular formula is C5H6FNS2. The van der Waals surface area contributed by atoms with Crippen LogP contribution in [0.5, 0.6) is 0 Å². The lowest BCUT2D eigenvalue weighted by Gasteiger charge is -2.09. The molecule has 0 spiro atoms. The third-order valence-electron chi connectivity index (χ3n) is 0.605. The topological polar surface area (TPSA) is 23.8 Å². The van der Waals surface area contributed by atoms with Crippen LogP contribution in [-0.4, -0.2) is 9.20 Å². The van der Waals surface area contributed by atoms with Crippen molar-refractivity contribution in [2.45, 2.75) is 18.6 Å². The molecule has 9 heavy (non-hydrogen) atoms. The number of hydrogen-bond acceptors (Lipinski definition) is 3. The number of halogens is 1. The smallest absolute Gasteiger partial charge is 0.197 e. The number of nitriles is 1. The number of nitrogens with zero attached hydrogens (tertiary/aromatic N) is 1. The molecule has 0 bridgehead atoms. The molecule has 0 unspecified atom stereocenters. The van der Waals surface area contributed by atoms with Gasteiger partial charge in [-0.3, -0.25) is 0 Å². The quantitative estimate of drug-likeness (QED) is 0.437. The summed E-state index contributed by atoms with van der Waals surface area (Å²) in [5.74, 6) is 0. The van der Waals surface area contributed by atoms with E-state index in [1.54, 1.807) is 13.8 Å². The molecule has 4 heteroatoms. The summed E-state index contributed by atoms with van der Waals surface area (Å²) in [6, 6.07) is 1.91. The molecule has 0 atom stereocenters. The van der Waals surface area contributed by atoms with Gasteiger partial charge in [0.2, 0.25) is 4.45 Å². The van der Waals surface area contributed by atoms with Gasteiger partial charge in [0, 0.05) is 0 Å². The molecular weight excluding hydrogens is 157 g/mol. The Morgan fingerprint density at radius 3 is 2.33 bits per heavy atom. The number of thiocarbonyl (C=S) groups is 1. The summed E-state index contributed by atoms with van der Waals surface area (Å²) in [4.78, 5) is 0. The van der Waals surface area contributed by atoms with E-state index in [-0.39, 0.29) is 0 Å². The summed E-state index contributed by atoms with van der Waals surface area (Å²) in [6.45, 7) is 3.23. The second-order valence-corrected chi connectivity index (χ2v) is 4.16. The molecule has 0 radical (unpaired) electrons. The van der Waals surface area contributed by atoms with Gasteiger partial charge >= 0.3 is 0 Å². The fraction of sp³-hybridized carbons (Fsp3) is 0.600. The van der Waals surface area contributed by atoms with Crippen molar-refractivity contribution in [3.63, 3.8) is 0 Å². The van der Waals surface area contributed by atoms with E-state index in [9.17, 15) is 4.39 Å². The Balaban J connectivity index is 3.91. The Morgan fingerprint density at radius 2 is 2.22 bits per heavy atom. The van der Waals surface area contributed by atoms with Gasteiger partial charge < -0.3 is 0 Å². The molecule has 0 aromatic rings. The normalized spacial score (nSPS) is 10.4. The van der Waals surface area contributed by atoms with Crippen LogP contribution in [0.25, 0.3) is 0 Å². The molecule has 0 aliphatic carbocycles. The third kappa shape index (κ3) is 4.37. The molecule has 0 heterocycles. The van der Waals surface area contributed by atoms with Crippen molar-refractivity contribution in [1.82, 2.24) is 0 Å². The Morgan fingerprint density at radius 1 is 1.78 bits per heavy atom. The lowest BCUT2D eigenvalue weighted by atomic mass is 10.2. The highest BCUT2D eigenvalue weighted by Crippen LogP contribution is 2.24. The molecule has 0 saturated heterocycles. The van der Waals surface area contributed by atoms with Crippen molar-refractivity contribution in [3.8, 4) is 6.07 Å². The Labute approximate surface area is 63.2 Å². The minimum Gasteiger partial charge on any atom is -0.197 e. The van der Waals surface area contributed by atoms with E-state index < -0.39 is 9.20 Å². The van der Waals surface area contributed by atoms with Crippen LogP contribution in [0.2, 0.25) is 0 Å². The predicted molar refractivity (Wildman–Crippen MR) is 41.0 cm³/mol. The maximum absolute atomic E-state index is 11.9. The molecule has 0 amide bonds. The Hall–Kier alpha value is -0.140. The molecule has 0 fully saturated rings. The molecule has 50 valence electrons. The average molecular weight is 163 g/mol. The third-order valence-corrected chi connectivity index (χ3v) is 1.62. The summed E-state index contributed by atoms with van der Waals surface area (Å²) >= 11 is 4.92. The van der Waals surface area contributed by atoms with E-state index in [4.69, 9.17) is 5.26 Å². The molecule has 0 aromatic heterocycles. The van der Waals surface area contributed by atoms with Gasteiger partial charge in [0.25, 0.3) is 0 Å². The summed E-state index contributed by atoms with van der Waals surface area (Å²) in [5, 5.41) is 8.35. The summed E-state index contributed by atoms with van der Waals surface area (Å²) in [7, 11) is 0. The van der Waals surface area contributed by atoms with Crippen molar-refractivity contribution in [3.05, 3.63) is 0 Å². The second-order valence-electron chi connectivity index (χ2n) is 1.96. The van der Waals surface area contributed by atoms with Crippen LogP contribution in [0.1, 0.15) is 13.8 Å². The van der Waals surface area contributed by atoms with Gasteiger partial charge in [0.15, 0.2) is 0 Å². The van der Waals surface area contributed by atoms with Crippen LogP contribution in [0, 0.1) is 11.3 Å². The highest BCUT2D eigenvalue weighted by Gasteiger charge is 2.19. The van der Waals surface area contributed by atoms with Crippen LogP contribution >= 0.6 is 24.0 Å². The Bertz CT molecular complexity index is 159. The fourth-order valence-corrected chi connectivity index (χ4v) is 1.30. The van der Waals surface area contributed by atoms with Crippen LogP contribution in [0.3, 0.4) is 0 Å². The van der Waals surface area contributed by atoms with Gasteiger partial charge in [-0.25, -0.2) is 0 Å². The zero-order chi connectivity index (χ0) is 7.49. The molecule has 0 saturated carbocycles. The van der Waals surface area contributed by atoms with Crippen molar-refractivity contribution in [1.29, 1.82) is 5.26 Å².